The van der Waals surface area contributed by atoms with Gasteiger partial charge in [-0.3, -0.25) is 4.57 Å². The summed E-state index contributed by atoms with van der Waals surface area (Å²) in [6, 6.07) is 9.72. The molecular weight excluding hydrogens is 352 g/mol. The quantitative estimate of drug-likeness (QED) is 0.751. The van der Waals surface area contributed by atoms with E-state index in [-0.39, 0.29) is 0 Å². The lowest BCUT2D eigenvalue weighted by molar-refractivity contribution is 0.990. The molecule has 0 radical (unpaired) electrons. The molecule has 1 N–H and O–H groups in total. The Labute approximate surface area is 135 Å². The molecule has 0 bridgehead atoms. The van der Waals surface area contributed by atoms with E-state index in [1.165, 1.54) is 0 Å². The molecule has 0 spiro atoms. The molecule has 3 aromatic rings. The highest BCUT2D eigenvalue weighted by atomic mass is 79.9. The van der Waals surface area contributed by atoms with Crippen molar-refractivity contribution >= 4 is 33.2 Å². The lowest BCUT2D eigenvalue weighted by atomic mass is 10.2. The SMILES string of the molecule is Clc1ccc(Br)cc1CNc1ccc(-n2ccnc2)nc1. The van der Waals surface area contributed by atoms with Gasteiger partial charge in [-0.1, -0.05) is 27.5 Å². The summed E-state index contributed by atoms with van der Waals surface area (Å²) < 4.78 is 2.87. The van der Waals surface area contributed by atoms with Gasteiger partial charge < -0.3 is 5.32 Å². The summed E-state index contributed by atoms with van der Waals surface area (Å²) in [5.41, 5.74) is 1.97. The minimum absolute atomic E-state index is 0.643. The molecule has 3 rings (SSSR count). The molecule has 0 fully saturated rings. The largest absolute Gasteiger partial charge is 0.380 e. The van der Waals surface area contributed by atoms with Crippen LogP contribution in [0.5, 0.6) is 0 Å². The van der Waals surface area contributed by atoms with Crippen LogP contribution < -0.4 is 5.32 Å². The molecule has 6 heteroatoms. The Balaban J connectivity index is 1.70. The zero-order valence-corrected chi connectivity index (χ0v) is 13.3. The molecule has 0 aliphatic carbocycles. The summed E-state index contributed by atoms with van der Waals surface area (Å²) >= 11 is 9.62. The van der Waals surface area contributed by atoms with E-state index in [4.69, 9.17) is 11.6 Å². The first-order chi connectivity index (χ1) is 10.2. The summed E-state index contributed by atoms with van der Waals surface area (Å²) in [4.78, 5) is 8.39. The first kappa shape index (κ1) is 14.1. The van der Waals surface area contributed by atoms with Crippen LogP contribution >= 0.6 is 27.5 Å². The monoisotopic (exact) mass is 362 g/mol. The van der Waals surface area contributed by atoms with E-state index in [1.54, 1.807) is 18.7 Å². The second-order valence-corrected chi connectivity index (χ2v) is 5.79. The van der Waals surface area contributed by atoms with Crippen LogP contribution in [0.1, 0.15) is 5.56 Å². The van der Waals surface area contributed by atoms with Crippen LogP contribution in [0.3, 0.4) is 0 Å². The lowest BCUT2D eigenvalue weighted by Crippen LogP contribution is -2.01. The van der Waals surface area contributed by atoms with Gasteiger partial charge in [0.1, 0.15) is 12.1 Å². The standard InChI is InChI=1S/C15H12BrClN4/c16-12-1-3-14(17)11(7-12)8-19-13-2-4-15(20-9-13)21-6-5-18-10-21/h1-7,9-10,19H,8H2. The summed E-state index contributed by atoms with van der Waals surface area (Å²) in [5, 5.41) is 4.05. The molecule has 2 heterocycles. The third-order valence-electron chi connectivity index (χ3n) is 3.01. The number of halogens is 2. The van der Waals surface area contributed by atoms with E-state index in [2.05, 4.69) is 31.2 Å². The van der Waals surface area contributed by atoms with E-state index >= 15 is 0 Å². The summed E-state index contributed by atoms with van der Waals surface area (Å²) in [6.45, 7) is 0.643. The van der Waals surface area contributed by atoms with E-state index in [1.807, 2.05) is 41.1 Å². The molecule has 4 nitrogen and oxygen atoms in total. The van der Waals surface area contributed by atoms with Gasteiger partial charge in [-0.15, -0.1) is 0 Å². The maximum atomic E-state index is 6.17. The Kier molecular flexibility index (Phi) is 4.22. The van der Waals surface area contributed by atoms with Crippen LogP contribution in [0.4, 0.5) is 5.69 Å². The molecule has 1 aromatic carbocycles. The summed E-state index contributed by atoms with van der Waals surface area (Å²) in [7, 11) is 0. The highest BCUT2D eigenvalue weighted by Gasteiger charge is 2.02. The molecule has 0 saturated carbocycles. The number of pyridine rings is 1. The van der Waals surface area contributed by atoms with Crippen molar-refractivity contribution in [3.05, 3.63) is 70.3 Å². The van der Waals surface area contributed by atoms with Gasteiger partial charge >= 0.3 is 0 Å². The van der Waals surface area contributed by atoms with E-state index in [9.17, 15) is 0 Å². The number of hydrogen-bond donors (Lipinski definition) is 1. The minimum atomic E-state index is 0.643. The maximum absolute atomic E-state index is 6.17. The van der Waals surface area contributed by atoms with Gasteiger partial charge in [0, 0.05) is 28.4 Å². The van der Waals surface area contributed by atoms with Crippen molar-refractivity contribution < 1.29 is 0 Å². The number of nitrogens with zero attached hydrogens (tertiary/aromatic N) is 3. The number of benzene rings is 1. The molecule has 21 heavy (non-hydrogen) atoms. The average molecular weight is 364 g/mol. The van der Waals surface area contributed by atoms with E-state index in [0.717, 1.165) is 26.6 Å². The van der Waals surface area contributed by atoms with Crippen molar-refractivity contribution in [3.8, 4) is 5.82 Å². The molecule has 0 atom stereocenters. The Bertz CT molecular complexity index is 726. The zero-order valence-electron chi connectivity index (χ0n) is 11.0. The number of imidazole rings is 1. The van der Waals surface area contributed by atoms with E-state index in [0.29, 0.717) is 6.54 Å². The molecule has 2 aromatic heterocycles. The maximum Gasteiger partial charge on any atom is 0.137 e. The minimum Gasteiger partial charge on any atom is -0.380 e. The topological polar surface area (TPSA) is 42.7 Å². The molecule has 0 saturated heterocycles. The predicted octanol–water partition coefficient (Wildman–Crippen LogP) is 4.30. The van der Waals surface area contributed by atoms with Crippen LogP contribution in [-0.2, 0) is 6.54 Å². The predicted molar refractivity (Wildman–Crippen MR) is 87.8 cm³/mol. The summed E-state index contributed by atoms with van der Waals surface area (Å²) in [6.07, 6.45) is 7.09. The van der Waals surface area contributed by atoms with Crippen LogP contribution in [0.2, 0.25) is 5.02 Å². The second kappa shape index (κ2) is 6.28. The van der Waals surface area contributed by atoms with Crippen molar-refractivity contribution in [2.75, 3.05) is 5.32 Å². The fraction of sp³-hybridized carbons (Fsp3) is 0.0667. The second-order valence-electron chi connectivity index (χ2n) is 4.46. The first-order valence-electron chi connectivity index (χ1n) is 6.34. The van der Waals surface area contributed by atoms with Crippen LogP contribution in [0.25, 0.3) is 5.82 Å². The van der Waals surface area contributed by atoms with E-state index < -0.39 is 0 Å². The Morgan fingerprint density at radius 2 is 2.14 bits per heavy atom. The van der Waals surface area contributed by atoms with Gasteiger partial charge in [-0.2, -0.15) is 0 Å². The van der Waals surface area contributed by atoms with Gasteiger partial charge in [-0.05, 0) is 35.9 Å². The fourth-order valence-corrected chi connectivity index (χ4v) is 2.51. The summed E-state index contributed by atoms with van der Waals surface area (Å²) in [5.74, 6) is 0.832. The number of anilines is 1. The first-order valence-corrected chi connectivity index (χ1v) is 7.51. The molecule has 0 aliphatic heterocycles. The molecule has 0 amide bonds. The number of hydrogen-bond acceptors (Lipinski definition) is 3. The van der Waals surface area contributed by atoms with Crippen molar-refractivity contribution in [2.45, 2.75) is 6.54 Å². The highest BCUT2D eigenvalue weighted by molar-refractivity contribution is 9.10. The third-order valence-corrected chi connectivity index (χ3v) is 3.87. The van der Waals surface area contributed by atoms with Crippen LogP contribution in [-0.4, -0.2) is 14.5 Å². The van der Waals surface area contributed by atoms with Gasteiger partial charge in [0.05, 0.1) is 11.9 Å². The molecule has 106 valence electrons. The van der Waals surface area contributed by atoms with Gasteiger partial charge in [0.2, 0.25) is 0 Å². The highest BCUT2D eigenvalue weighted by Crippen LogP contribution is 2.22. The van der Waals surface area contributed by atoms with Gasteiger partial charge in [-0.25, -0.2) is 9.97 Å². The van der Waals surface area contributed by atoms with Crippen molar-refractivity contribution in [1.29, 1.82) is 0 Å². The number of aromatic nitrogens is 3. The Morgan fingerprint density at radius 3 is 2.86 bits per heavy atom. The van der Waals surface area contributed by atoms with Crippen molar-refractivity contribution in [3.63, 3.8) is 0 Å². The molecular formula is C15H12BrClN4. The zero-order chi connectivity index (χ0) is 14.7. The smallest absolute Gasteiger partial charge is 0.137 e. The average Bonchev–Trinajstić information content (AvgIpc) is 3.03. The third kappa shape index (κ3) is 3.43. The normalized spacial score (nSPS) is 10.6. The lowest BCUT2D eigenvalue weighted by Gasteiger charge is -2.09. The van der Waals surface area contributed by atoms with Gasteiger partial charge in [0.15, 0.2) is 0 Å². The number of nitrogens with one attached hydrogen (secondary N) is 1. The van der Waals surface area contributed by atoms with Crippen molar-refractivity contribution in [2.24, 2.45) is 0 Å². The fourth-order valence-electron chi connectivity index (χ4n) is 1.91. The van der Waals surface area contributed by atoms with Crippen LogP contribution in [0.15, 0.2) is 59.7 Å². The van der Waals surface area contributed by atoms with Gasteiger partial charge in [0.25, 0.3) is 0 Å². The molecule has 0 unspecified atom stereocenters. The van der Waals surface area contributed by atoms with Crippen molar-refractivity contribution in [1.82, 2.24) is 14.5 Å². The Morgan fingerprint density at radius 1 is 1.24 bits per heavy atom. The number of rotatable bonds is 4. The van der Waals surface area contributed by atoms with Crippen LogP contribution in [0, 0.1) is 0 Å². The Hall–Kier alpha value is -1.85. The molecule has 0 aliphatic rings.